The van der Waals surface area contributed by atoms with Gasteiger partial charge in [0.2, 0.25) is 0 Å². The highest BCUT2D eigenvalue weighted by Crippen LogP contribution is 2.36. The summed E-state index contributed by atoms with van der Waals surface area (Å²) in [5.41, 5.74) is 5.52. The lowest BCUT2D eigenvalue weighted by molar-refractivity contribution is 0.415. The van der Waals surface area contributed by atoms with Gasteiger partial charge in [-0.25, -0.2) is 4.68 Å². The molecule has 5 heteroatoms. The molecule has 1 aliphatic rings. The minimum atomic E-state index is 0.739. The predicted octanol–water partition coefficient (Wildman–Crippen LogP) is 4.48. The molecule has 1 aromatic heterocycles. The smallest absolute Gasteiger partial charge is 0.133 e. The van der Waals surface area contributed by atoms with E-state index in [2.05, 4.69) is 24.4 Å². The summed E-state index contributed by atoms with van der Waals surface area (Å²) in [4.78, 5) is 0. The molecule has 122 valence electrons. The van der Waals surface area contributed by atoms with Crippen LogP contribution in [0.15, 0.2) is 42.5 Å². The van der Waals surface area contributed by atoms with E-state index in [9.17, 15) is 0 Å². The van der Waals surface area contributed by atoms with Crippen molar-refractivity contribution in [2.45, 2.75) is 13.3 Å². The second-order valence-corrected chi connectivity index (χ2v) is 6.36. The summed E-state index contributed by atoms with van der Waals surface area (Å²) in [5, 5.41) is 9.09. The van der Waals surface area contributed by atoms with Gasteiger partial charge in [0, 0.05) is 22.7 Å². The van der Waals surface area contributed by atoms with Gasteiger partial charge in [-0.15, -0.1) is 0 Å². The van der Waals surface area contributed by atoms with Crippen molar-refractivity contribution in [3.8, 4) is 22.7 Å². The average molecular weight is 340 g/mol. The highest BCUT2D eigenvalue weighted by molar-refractivity contribution is 6.30. The Morgan fingerprint density at radius 1 is 1.17 bits per heavy atom. The summed E-state index contributed by atoms with van der Waals surface area (Å²) in [6.07, 6.45) is 0.976. The van der Waals surface area contributed by atoms with Crippen LogP contribution in [0.25, 0.3) is 16.9 Å². The van der Waals surface area contributed by atoms with Crippen molar-refractivity contribution in [2.24, 2.45) is 0 Å². The molecule has 0 bridgehead atoms. The van der Waals surface area contributed by atoms with Crippen LogP contribution in [-0.4, -0.2) is 23.4 Å². The van der Waals surface area contributed by atoms with Crippen LogP contribution in [0.5, 0.6) is 5.75 Å². The summed E-state index contributed by atoms with van der Waals surface area (Å²) < 4.78 is 7.24. The Bertz CT molecular complexity index is 900. The van der Waals surface area contributed by atoms with Crippen molar-refractivity contribution in [1.29, 1.82) is 0 Å². The zero-order valence-electron chi connectivity index (χ0n) is 13.6. The van der Waals surface area contributed by atoms with E-state index in [0.29, 0.717) is 0 Å². The maximum Gasteiger partial charge on any atom is 0.133 e. The van der Waals surface area contributed by atoms with E-state index in [-0.39, 0.29) is 0 Å². The van der Waals surface area contributed by atoms with Crippen LogP contribution in [-0.2, 0) is 6.42 Å². The number of halogens is 1. The maximum absolute atomic E-state index is 6.09. The molecule has 3 aromatic rings. The summed E-state index contributed by atoms with van der Waals surface area (Å²) in [5.74, 6) is 1.92. The number of hydrogen-bond acceptors (Lipinski definition) is 3. The van der Waals surface area contributed by atoms with Gasteiger partial charge >= 0.3 is 0 Å². The zero-order chi connectivity index (χ0) is 16.7. The molecule has 0 fully saturated rings. The molecule has 4 rings (SSSR count). The summed E-state index contributed by atoms with van der Waals surface area (Å²) >= 11 is 6.09. The van der Waals surface area contributed by atoms with E-state index in [1.54, 1.807) is 7.11 Å². The number of nitrogens with one attached hydrogen (secondary N) is 1. The van der Waals surface area contributed by atoms with Gasteiger partial charge < -0.3 is 10.1 Å². The molecule has 0 amide bonds. The monoisotopic (exact) mass is 339 g/mol. The number of nitrogens with zero attached hydrogens (tertiary/aromatic N) is 2. The third-order valence-corrected chi connectivity index (χ3v) is 4.64. The highest BCUT2D eigenvalue weighted by Gasteiger charge is 2.24. The normalized spacial score (nSPS) is 12.8. The van der Waals surface area contributed by atoms with Crippen LogP contribution in [0, 0.1) is 6.92 Å². The molecule has 2 heterocycles. The van der Waals surface area contributed by atoms with Crippen molar-refractivity contribution >= 4 is 17.4 Å². The molecule has 0 spiro atoms. The van der Waals surface area contributed by atoms with Crippen molar-refractivity contribution in [3.63, 3.8) is 0 Å². The van der Waals surface area contributed by atoms with Crippen LogP contribution < -0.4 is 10.1 Å². The first-order valence-electron chi connectivity index (χ1n) is 7.94. The number of aromatic nitrogens is 2. The van der Waals surface area contributed by atoms with Gasteiger partial charge in [0.15, 0.2) is 0 Å². The lowest BCUT2D eigenvalue weighted by Crippen LogP contribution is -2.05. The predicted molar refractivity (Wildman–Crippen MR) is 97.5 cm³/mol. The fourth-order valence-corrected chi connectivity index (χ4v) is 3.41. The minimum absolute atomic E-state index is 0.739. The number of rotatable bonds is 3. The molecule has 0 atom stereocenters. The molecule has 1 aliphatic heterocycles. The molecule has 24 heavy (non-hydrogen) atoms. The molecule has 0 saturated carbocycles. The number of hydrogen-bond donors (Lipinski definition) is 1. The highest BCUT2D eigenvalue weighted by atomic mass is 35.5. The fourth-order valence-electron chi connectivity index (χ4n) is 3.19. The van der Waals surface area contributed by atoms with Gasteiger partial charge in [-0.1, -0.05) is 11.6 Å². The first kappa shape index (κ1) is 15.1. The van der Waals surface area contributed by atoms with Gasteiger partial charge in [-0.3, -0.25) is 0 Å². The van der Waals surface area contributed by atoms with E-state index < -0.39 is 0 Å². The molecule has 2 aromatic carbocycles. The number of ether oxygens (including phenoxy) is 1. The van der Waals surface area contributed by atoms with Crippen molar-refractivity contribution in [2.75, 3.05) is 19.0 Å². The van der Waals surface area contributed by atoms with Crippen LogP contribution in [0.4, 0.5) is 5.82 Å². The number of methoxy groups -OCH3 is 1. The lowest BCUT2D eigenvalue weighted by Gasteiger charge is -2.10. The Balaban J connectivity index is 1.85. The summed E-state index contributed by atoms with van der Waals surface area (Å²) in [7, 11) is 1.68. The van der Waals surface area contributed by atoms with Gasteiger partial charge in [0.05, 0.1) is 18.5 Å². The molecule has 0 radical (unpaired) electrons. The molecule has 4 nitrogen and oxygen atoms in total. The van der Waals surface area contributed by atoms with Gasteiger partial charge in [-0.2, -0.15) is 5.10 Å². The maximum atomic E-state index is 6.09. The van der Waals surface area contributed by atoms with E-state index >= 15 is 0 Å². The third-order valence-electron chi connectivity index (χ3n) is 4.40. The van der Waals surface area contributed by atoms with E-state index in [1.165, 1.54) is 5.56 Å². The molecule has 1 N–H and O–H groups in total. The summed E-state index contributed by atoms with van der Waals surface area (Å²) in [6.45, 7) is 2.99. The van der Waals surface area contributed by atoms with Crippen LogP contribution in [0.1, 0.15) is 11.1 Å². The Kier molecular flexibility index (Phi) is 3.69. The van der Waals surface area contributed by atoms with Crippen molar-refractivity contribution in [1.82, 2.24) is 9.78 Å². The Morgan fingerprint density at radius 3 is 2.67 bits per heavy atom. The second-order valence-electron chi connectivity index (χ2n) is 5.92. The molecular formula is C19H18ClN3O. The second kappa shape index (κ2) is 5.87. The molecule has 0 aliphatic carbocycles. The van der Waals surface area contributed by atoms with Crippen LogP contribution in [0.2, 0.25) is 5.02 Å². The van der Waals surface area contributed by atoms with Crippen LogP contribution in [0.3, 0.4) is 0 Å². The van der Waals surface area contributed by atoms with E-state index in [0.717, 1.165) is 52.1 Å². The van der Waals surface area contributed by atoms with Crippen molar-refractivity contribution < 1.29 is 4.74 Å². The number of benzene rings is 2. The lowest BCUT2D eigenvalue weighted by atomic mass is 10.1. The topological polar surface area (TPSA) is 39.1 Å². The van der Waals surface area contributed by atoms with Gasteiger partial charge in [0.25, 0.3) is 0 Å². The quantitative estimate of drug-likeness (QED) is 0.764. The van der Waals surface area contributed by atoms with Gasteiger partial charge in [-0.05, 0) is 61.4 Å². The number of anilines is 1. The molecule has 0 unspecified atom stereocenters. The summed E-state index contributed by atoms with van der Waals surface area (Å²) in [6, 6.07) is 13.9. The Labute approximate surface area is 146 Å². The number of aryl methyl sites for hydroxylation is 1. The first-order chi connectivity index (χ1) is 11.7. The Hall–Kier alpha value is -2.46. The Morgan fingerprint density at radius 2 is 1.96 bits per heavy atom. The number of fused-ring (bicyclic) bond motifs is 1. The fraction of sp³-hybridized carbons (Fsp3) is 0.211. The molecular weight excluding hydrogens is 322 g/mol. The third kappa shape index (κ3) is 2.43. The minimum Gasteiger partial charge on any atom is -0.497 e. The average Bonchev–Trinajstić information content (AvgIpc) is 3.18. The standard InChI is InChI=1S/C19H18ClN3O/c1-12-11-14(20)5-8-17(12)23-19-16(9-10-21-19)18(22-23)13-3-6-15(24-2)7-4-13/h3-8,11,21H,9-10H2,1-2H3. The first-order valence-corrected chi connectivity index (χ1v) is 8.32. The van der Waals surface area contributed by atoms with Gasteiger partial charge in [0.1, 0.15) is 11.6 Å². The van der Waals surface area contributed by atoms with Crippen LogP contribution >= 0.6 is 11.6 Å². The van der Waals surface area contributed by atoms with E-state index in [1.807, 2.05) is 35.0 Å². The largest absolute Gasteiger partial charge is 0.497 e. The SMILES string of the molecule is COc1ccc(-c2nn(-c3ccc(Cl)cc3C)c3c2CCN3)cc1. The van der Waals surface area contributed by atoms with Crippen molar-refractivity contribution in [3.05, 3.63) is 58.6 Å². The zero-order valence-corrected chi connectivity index (χ0v) is 14.4. The van der Waals surface area contributed by atoms with E-state index in [4.69, 9.17) is 21.4 Å². The molecule has 0 saturated heterocycles.